The summed E-state index contributed by atoms with van der Waals surface area (Å²) in [5.74, 6) is -0.937. The van der Waals surface area contributed by atoms with Crippen LogP contribution in [0.2, 0.25) is 0 Å². The van der Waals surface area contributed by atoms with Crippen molar-refractivity contribution >= 4 is 11.7 Å². The zero-order valence-electron chi connectivity index (χ0n) is 10.6. The van der Waals surface area contributed by atoms with E-state index in [1.807, 2.05) is 6.07 Å². The zero-order chi connectivity index (χ0) is 13.1. The summed E-state index contributed by atoms with van der Waals surface area (Å²) in [6.45, 7) is 4.97. The van der Waals surface area contributed by atoms with E-state index in [9.17, 15) is 4.79 Å². The molecule has 1 saturated heterocycles. The first-order chi connectivity index (χ1) is 8.56. The van der Waals surface area contributed by atoms with Gasteiger partial charge in [-0.05, 0) is 24.7 Å². The lowest BCUT2D eigenvalue weighted by molar-refractivity contribution is 0.0697. The fourth-order valence-corrected chi connectivity index (χ4v) is 2.12. The Kier molecular flexibility index (Phi) is 3.84. The third-order valence-corrected chi connectivity index (χ3v) is 3.38. The third kappa shape index (κ3) is 3.00. The van der Waals surface area contributed by atoms with Crippen molar-refractivity contribution in [3.63, 3.8) is 0 Å². The molecule has 0 atom stereocenters. The molecule has 1 aromatic rings. The van der Waals surface area contributed by atoms with Gasteiger partial charge in [-0.25, -0.2) is 4.79 Å². The topological polar surface area (TPSA) is 69.8 Å². The van der Waals surface area contributed by atoms with E-state index in [-0.39, 0.29) is 5.56 Å². The maximum absolute atomic E-state index is 10.8. The quantitative estimate of drug-likeness (QED) is 0.772. The molecule has 3 N–H and O–H groups in total. The molecule has 0 aromatic heterocycles. The van der Waals surface area contributed by atoms with Gasteiger partial charge >= 0.3 is 5.97 Å². The Morgan fingerprint density at radius 1 is 1.33 bits per heavy atom. The maximum Gasteiger partial charge on any atom is 0.335 e. The number of anilines is 1. The molecule has 2 rings (SSSR count). The van der Waals surface area contributed by atoms with E-state index >= 15 is 0 Å². The number of carboxylic acid groups (broad SMARTS) is 1. The van der Waals surface area contributed by atoms with Gasteiger partial charge in [0.15, 0.2) is 0 Å². The lowest BCUT2D eigenvalue weighted by Crippen LogP contribution is -2.43. The normalized spacial score (nSPS) is 17.8. The molecule has 0 saturated carbocycles. The summed E-state index contributed by atoms with van der Waals surface area (Å²) in [5.41, 5.74) is 7.72. The third-order valence-electron chi connectivity index (χ3n) is 3.38. The first-order valence-electron chi connectivity index (χ1n) is 6.09. The van der Waals surface area contributed by atoms with Crippen LogP contribution in [0.15, 0.2) is 18.2 Å². The first kappa shape index (κ1) is 12.9. The van der Waals surface area contributed by atoms with Crippen LogP contribution in [0.5, 0.6) is 0 Å². The van der Waals surface area contributed by atoms with E-state index in [1.54, 1.807) is 6.07 Å². The van der Waals surface area contributed by atoms with Crippen LogP contribution in [-0.2, 0) is 6.54 Å². The highest BCUT2D eigenvalue weighted by Crippen LogP contribution is 2.17. The fourth-order valence-electron chi connectivity index (χ4n) is 2.12. The Labute approximate surface area is 107 Å². The fraction of sp³-hybridized carbons (Fsp3) is 0.462. The molecule has 1 aliphatic rings. The molecule has 0 amide bonds. The zero-order valence-corrected chi connectivity index (χ0v) is 10.6. The number of aromatic carboxylic acids is 1. The van der Waals surface area contributed by atoms with Crippen LogP contribution in [0.3, 0.4) is 0 Å². The second-order valence-electron chi connectivity index (χ2n) is 4.80. The number of rotatable bonds is 3. The van der Waals surface area contributed by atoms with Crippen molar-refractivity contribution in [3.05, 3.63) is 29.3 Å². The summed E-state index contributed by atoms with van der Waals surface area (Å²) in [6, 6.07) is 4.97. The summed E-state index contributed by atoms with van der Waals surface area (Å²) in [7, 11) is 2.12. The number of nitrogens with two attached hydrogens (primary N) is 1. The second-order valence-corrected chi connectivity index (χ2v) is 4.80. The Morgan fingerprint density at radius 3 is 2.56 bits per heavy atom. The molecule has 5 heteroatoms. The van der Waals surface area contributed by atoms with Gasteiger partial charge in [0.2, 0.25) is 0 Å². The molecule has 1 aromatic carbocycles. The Morgan fingerprint density at radius 2 is 2.00 bits per heavy atom. The maximum atomic E-state index is 10.8. The summed E-state index contributed by atoms with van der Waals surface area (Å²) in [6.07, 6.45) is 0. The number of carboxylic acids is 1. The van der Waals surface area contributed by atoms with Gasteiger partial charge < -0.3 is 15.7 Å². The van der Waals surface area contributed by atoms with Crippen LogP contribution in [0.25, 0.3) is 0 Å². The van der Waals surface area contributed by atoms with E-state index in [4.69, 9.17) is 10.8 Å². The van der Waals surface area contributed by atoms with Gasteiger partial charge in [0.05, 0.1) is 5.56 Å². The van der Waals surface area contributed by atoms with Crippen molar-refractivity contribution in [2.24, 2.45) is 0 Å². The highest BCUT2D eigenvalue weighted by Gasteiger charge is 2.15. The first-order valence-corrected chi connectivity index (χ1v) is 6.09. The number of nitrogen functional groups attached to an aromatic ring is 1. The number of hydrogen-bond donors (Lipinski definition) is 2. The minimum atomic E-state index is -0.937. The van der Waals surface area contributed by atoms with Gasteiger partial charge in [0.25, 0.3) is 0 Å². The van der Waals surface area contributed by atoms with Crippen LogP contribution >= 0.6 is 0 Å². The van der Waals surface area contributed by atoms with Crippen molar-refractivity contribution in [2.45, 2.75) is 6.54 Å². The van der Waals surface area contributed by atoms with E-state index in [0.29, 0.717) is 5.69 Å². The van der Waals surface area contributed by atoms with Crippen LogP contribution in [0.1, 0.15) is 15.9 Å². The Balaban J connectivity index is 2.03. The van der Waals surface area contributed by atoms with Crippen LogP contribution in [-0.4, -0.2) is 54.1 Å². The lowest BCUT2D eigenvalue weighted by atomic mass is 10.1. The van der Waals surface area contributed by atoms with Crippen molar-refractivity contribution in [2.75, 3.05) is 39.0 Å². The van der Waals surface area contributed by atoms with Crippen LogP contribution < -0.4 is 5.73 Å². The predicted molar refractivity (Wildman–Crippen MR) is 70.6 cm³/mol. The molecule has 0 bridgehead atoms. The number of carbonyl (C=O) groups is 1. The van der Waals surface area contributed by atoms with E-state index in [1.165, 1.54) is 6.07 Å². The summed E-state index contributed by atoms with van der Waals surface area (Å²) in [5, 5.41) is 8.88. The molecule has 0 unspecified atom stereocenters. The summed E-state index contributed by atoms with van der Waals surface area (Å²) in [4.78, 5) is 15.5. The van der Waals surface area contributed by atoms with Gasteiger partial charge in [-0.1, -0.05) is 6.07 Å². The monoisotopic (exact) mass is 249 g/mol. The molecule has 0 radical (unpaired) electrons. The van der Waals surface area contributed by atoms with Gasteiger partial charge in [0, 0.05) is 38.4 Å². The number of benzene rings is 1. The summed E-state index contributed by atoms with van der Waals surface area (Å²) < 4.78 is 0. The number of nitrogens with zero attached hydrogens (tertiary/aromatic N) is 2. The average molecular weight is 249 g/mol. The lowest BCUT2D eigenvalue weighted by Gasteiger charge is -2.32. The standard InChI is InChI=1S/C13H19N3O2/c1-15-4-6-16(7-5-15)9-11-3-2-10(13(17)18)8-12(11)14/h2-3,8H,4-7,9,14H2,1H3,(H,17,18). The SMILES string of the molecule is CN1CCN(Cc2ccc(C(=O)O)cc2N)CC1. The number of likely N-dealkylation sites (N-methyl/N-ethyl adjacent to an activating group) is 1. The molecule has 18 heavy (non-hydrogen) atoms. The smallest absolute Gasteiger partial charge is 0.335 e. The molecule has 1 heterocycles. The highest BCUT2D eigenvalue weighted by atomic mass is 16.4. The average Bonchev–Trinajstić information content (AvgIpc) is 2.34. The van der Waals surface area contributed by atoms with Crippen molar-refractivity contribution in [1.82, 2.24) is 9.80 Å². The largest absolute Gasteiger partial charge is 0.478 e. The minimum absolute atomic E-state index is 0.245. The van der Waals surface area contributed by atoms with Crippen LogP contribution in [0.4, 0.5) is 5.69 Å². The van der Waals surface area contributed by atoms with E-state index < -0.39 is 5.97 Å². The molecule has 0 aliphatic carbocycles. The highest BCUT2D eigenvalue weighted by molar-refractivity contribution is 5.88. The van der Waals surface area contributed by atoms with Gasteiger partial charge in [-0.15, -0.1) is 0 Å². The number of piperazine rings is 1. The number of hydrogen-bond acceptors (Lipinski definition) is 4. The predicted octanol–water partition coefficient (Wildman–Crippen LogP) is 0.714. The molecule has 0 spiro atoms. The molecular weight excluding hydrogens is 230 g/mol. The van der Waals surface area contributed by atoms with Crippen molar-refractivity contribution in [1.29, 1.82) is 0 Å². The Bertz CT molecular complexity index is 440. The molecule has 1 fully saturated rings. The van der Waals surface area contributed by atoms with Crippen molar-refractivity contribution in [3.8, 4) is 0 Å². The molecule has 5 nitrogen and oxygen atoms in total. The van der Waals surface area contributed by atoms with Crippen molar-refractivity contribution < 1.29 is 9.90 Å². The van der Waals surface area contributed by atoms with Gasteiger partial charge in [0.1, 0.15) is 0 Å². The molecule has 1 aliphatic heterocycles. The van der Waals surface area contributed by atoms with Gasteiger partial charge in [-0.2, -0.15) is 0 Å². The van der Waals surface area contributed by atoms with E-state index in [0.717, 1.165) is 38.3 Å². The Hall–Kier alpha value is -1.59. The summed E-state index contributed by atoms with van der Waals surface area (Å²) >= 11 is 0. The minimum Gasteiger partial charge on any atom is -0.478 e. The van der Waals surface area contributed by atoms with Gasteiger partial charge in [-0.3, -0.25) is 4.90 Å². The molecule has 98 valence electrons. The second kappa shape index (κ2) is 5.37. The van der Waals surface area contributed by atoms with Crippen LogP contribution in [0, 0.1) is 0 Å². The van der Waals surface area contributed by atoms with E-state index in [2.05, 4.69) is 16.8 Å². The molecular formula is C13H19N3O2.